The smallest absolute Gasteiger partial charge is 0.339 e. The maximum Gasteiger partial charge on any atom is 0.339 e. The fraction of sp³-hybridized carbons (Fsp3) is 0.222. The molecule has 7 nitrogen and oxygen atoms in total. The number of methoxy groups -OCH3 is 3. The molecule has 0 bridgehead atoms. The molecular formula is C27H23F2NO6. The molecule has 4 aromatic rings. The van der Waals surface area contributed by atoms with Crippen molar-refractivity contribution in [1.82, 2.24) is 4.57 Å². The SMILES string of the molecule is COCC1Cc2c(ccc(C(=O)O)c2OC)-c2c1n(-c1ccc(F)c(OC)c1)c1cc(F)cc(O)c21. The molecule has 9 heteroatoms. The number of nitrogens with zero attached hydrogens (tertiary/aromatic N) is 1. The van der Waals surface area contributed by atoms with E-state index in [-0.39, 0.29) is 35.3 Å². The average Bonchev–Trinajstić information content (AvgIpc) is 3.19. The highest BCUT2D eigenvalue weighted by atomic mass is 19.1. The number of hydrogen-bond donors (Lipinski definition) is 2. The number of benzene rings is 3. The highest BCUT2D eigenvalue weighted by molar-refractivity contribution is 6.06. The zero-order valence-corrected chi connectivity index (χ0v) is 19.8. The minimum atomic E-state index is -1.13. The summed E-state index contributed by atoms with van der Waals surface area (Å²) in [7, 11) is 4.31. The number of halogens is 2. The first-order valence-electron chi connectivity index (χ1n) is 11.1. The molecule has 36 heavy (non-hydrogen) atoms. The molecular weight excluding hydrogens is 472 g/mol. The second kappa shape index (κ2) is 8.83. The Kier molecular flexibility index (Phi) is 5.80. The summed E-state index contributed by atoms with van der Waals surface area (Å²) in [6.07, 6.45) is 0.359. The third kappa shape index (κ3) is 3.46. The van der Waals surface area contributed by atoms with Crippen LogP contribution in [0.3, 0.4) is 0 Å². The summed E-state index contributed by atoms with van der Waals surface area (Å²) < 4.78 is 46.8. The van der Waals surface area contributed by atoms with E-state index < -0.39 is 17.6 Å². The summed E-state index contributed by atoms with van der Waals surface area (Å²) in [5.41, 5.74) is 3.48. The van der Waals surface area contributed by atoms with Crippen LogP contribution in [0.5, 0.6) is 17.2 Å². The van der Waals surface area contributed by atoms with Gasteiger partial charge < -0.3 is 29.0 Å². The lowest BCUT2D eigenvalue weighted by atomic mass is 9.80. The normalized spacial score (nSPS) is 14.4. The lowest BCUT2D eigenvalue weighted by Gasteiger charge is -2.29. The monoisotopic (exact) mass is 495 g/mol. The zero-order valence-electron chi connectivity index (χ0n) is 19.8. The molecule has 0 saturated carbocycles. The van der Waals surface area contributed by atoms with Crippen molar-refractivity contribution in [3.63, 3.8) is 0 Å². The Morgan fingerprint density at radius 3 is 2.53 bits per heavy atom. The van der Waals surface area contributed by atoms with Gasteiger partial charge in [-0.3, -0.25) is 0 Å². The van der Waals surface area contributed by atoms with Crippen LogP contribution in [0, 0.1) is 11.6 Å². The van der Waals surface area contributed by atoms with Crippen molar-refractivity contribution in [2.75, 3.05) is 27.9 Å². The van der Waals surface area contributed by atoms with Gasteiger partial charge in [0, 0.05) is 47.7 Å². The fourth-order valence-corrected chi connectivity index (χ4v) is 5.25. The number of aromatic nitrogens is 1. The number of aromatic hydroxyl groups is 1. The number of phenols is 1. The zero-order chi connectivity index (χ0) is 25.7. The van der Waals surface area contributed by atoms with Crippen molar-refractivity contribution < 1.29 is 38.0 Å². The first-order chi connectivity index (χ1) is 17.3. The van der Waals surface area contributed by atoms with E-state index in [1.807, 2.05) is 0 Å². The number of hydrogen-bond acceptors (Lipinski definition) is 5. The molecule has 2 N–H and O–H groups in total. The van der Waals surface area contributed by atoms with Gasteiger partial charge in [-0.1, -0.05) is 6.07 Å². The Morgan fingerprint density at radius 1 is 1.08 bits per heavy atom. The largest absolute Gasteiger partial charge is 0.507 e. The molecule has 1 heterocycles. The van der Waals surface area contributed by atoms with Crippen molar-refractivity contribution in [1.29, 1.82) is 0 Å². The predicted octanol–water partition coefficient (Wildman–Crippen LogP) is 5.28. The summed E-state index contributed by atoms with van der Waals surface area (Å²) in [6, 6.07) is 9.76. The van der Waals surface area contributed by atoms with Crippen molar-refractivity contribution in [3.05, 3.63) is 70.9 Å². The number of carboxylic acid groups (broad SMARTS) is 1. The highest BCUT2D eigenvalue weighted by Crippen LogP contribution is 2.52. The molecule has 0 spiro atoms. The van der Waals surface area contributed by atoms with E-state index in [4.69, 9.17) is 14.2 Å². The predicted molar refractivity (Wildman–Crippen MR) is 129 cm³/mol. The van der Waals surface area contributed by atoms with E-state index >= 15 is 0 Å². The van der Waals surface area contributed by atoms with Crippen molar-refractivity contribution >= 4 is 16.9 Å². The lowest BCUT2D eigenvalue weighted by molar-refractivity contribution is 0.0693. The molecule has 1 aliphatic rings. The third-order valence-corrected chi connectivity index (χ3v) is 6.61. The molecule has 1 atom stereocenters. The number of phenolic OH excluding ortho intramolecular Hbond substituents is 1. The molecule has 186 valence electrons. The second-order valence-corrected chi connectivity index (χ2v) is 8.57. The van der Waals surface area contributed by atoms with Crippen LogP contribution in [-0.4, -0.2) is 48.7 Å². The highest BCUT2D eigenvalue weighted by Gasteiger charge is 2.36. The van der Waals surface area contributed by atoms with E-state index in [2.05, 4.69) is 0 Å². The number of carboxylic acids is 1. The maximum absolute atomic E-state index is 14.6. The maximum atomic E-state index is 14.6. The van der Waals surface area contributed by atoms with Crippen LogP contribution in [0.4, 0.5) is 8.78 Å². The molecule has 5 rings (SSSR count). The summed E-state index contributed by atoms with van der Waals surface area (Å²) in [4.78, 5) is 11.9. The molecule has 1 aliphatic carbocycles. The van der Waals surface area contributed by atoms with Gasteiger partial charge >= 0.3 is 5.97 Å². The van der Waals surface area contributed by atoms with Crippen molar-refractivity contribution in [2.24, 2.45) is 0 Å². The number of aromatic carboxylic acids is 1. The van der Waals surface area contributed by atoms with Gasteiger partial charge in [-0.05, 0) is 36.2 Å². The van der Waals surface area contributed by atoms with E-state index in [9.17, 15) is 23.8 Å². The third-order valence-electron chi connectivity index (χ3n) is 6.61. The molecule has 0 fully saturated rings. The molecule has 0 amide bonds. The number of rotatable bonds is 6. The van der Waals surface area contributed by atoms with E-state index in [1.165, 1.54) is 38.5 Å². The van der Waals surface area contributed by atoms with Crippen molar-refractivity contribution in [3.8, 4) is 34.1 Å². The van der Waals surface area contributed by atoms with Crippen LogP contribution in [0.1, 0.15) is 27.5 Å². The summed E-state index contributed by atoms with van der Waals surface area (Å²) in [5, 5.41) is 21.0. The van der Waals surface area contributed by atoms with Gasteiger partial charge in [0.1, 0.15) is 22.9 Å². The Hall–Kier alpha value is -4.11. The lowest BCUT2D eigenvalue weighted by Crippen LogP contribution is -2.20. The number of fused-ring (bicyclic) bond motifs is 5. The topological polar surface area (TPSA) is 90.2 Å². The fourth-order valence-electron chi connectivity index (χ4n) is 5.25. The van der Waals surface area contributed by atoms with Gasteiger partial charge in [-0.2, -0.15) is 0 Å². The van der Waals surface area contributed by atoms with Crippen LogP contribution in [0.2, 0.25) is 0 Å². The van der Waals surface area contributed by atoms with Gasteiger partial charge in [0.2, 0.25) is 0 Å². The Balaban J connectivity index is 1.95. The Labute approximate surface area is 205 Å². The second-order valence-electron chi connectivity index (χ2n) is 8.57. The van der Waals surface area contributed by atoms with Gasteiger partial charge in [-0.25, -0.2) is 13.6 Å². The quantitative estimate of drug-likeness (QED) is 0.378. The molecule has 1 aromatic heterocycles. The molecule has 1 unspecified atom stereocenters. The van der Waals surface area contributed by atoms with Crippen LogP contribution in [-0.2, 0) is 11.2 Å². The van der Waals surface area contributed by atoms with Gasteiger partial charge in [-0.15, -0.1) is 0 Å². The van der Waals surface area contributed by atoms with E-state index in [0.29, 0.717) is 45.4 Å². The van der Waals surface area contributed by atoms with Crippen LogP contribution in [0.25, 0.3) is 27.7 Å². The molecule has 0 radical (unpaired) electrons. The van der Waals surface area contributed by atoms with E-state index in [1.54, 1.807) is 23.8 Å². The molecule has 0 aliphatic heterocycles. The summed E-state index contributed by atoms with van der Waals surface area (Å²) >= 11 is 0. The molecule has 0 saturated heterocycles. The number of carbonyl (C=O) groups is 1. The van der Waals surface area contributed by atoms with Crippen LogP contribution < -0.4 is 9.47 Å². The van der Waals surface area contributed by atoms with E-state index in [0.717, 1.165) is 6.07 Å². The van der Waals surface area contributed by atoms with Gasteiger partial charge in [0.25, 0.3) is 0 Å². The van der Waals surface area contributed by atoms with Gasteiger partial charge in [0.15, 0.2) is 11.6 Å². The summed E-state index contributed by atoms with van der Waals surface area (Å²) in [6.45, 7) is 0.241. The minimum absolute atomic E-state index is 0.0102. The van der Waals surface area contributed by atoms with Crippen molar-refractivity contribution in [2.45, 2.75) is 12.3 Å². The van der Waals surface area contributed by atoms with Crippen LogP contribution >= 0.6 is 0 Å². The number of ether oxygens (including phenoxy) is 3. The summed E-state index contributed by atoms with van der Waals surface area (Å²) in [5.74, 6) is -2.71. The Bertz CT molecular complexity index is 1530. The first-order valence-corrected chi connectivity index (χ1v) is 11.1. The van der Waals surface area contributed by atoms with Crippen LogP contribution in [0.15, 0.2) is 42.5 Å². The minimum Gasteiger partial charge on any atom is -0.507 e. The first kappa shape index (κ1) is 23.6. The Morgan fingerprint density at radius 2 is 1.86 bits per heavy atom. The van der Waals surface area contributed by atoms with Gasteiger partial charge in [0.05, 0.1) is 31.7 Å². The standard InChI is InChI=1S/C27H23F2NO6/c1-34-12-13-8-18-16(5-6-17(27(32)33)26(18)36-3)23-24-20(9-14(28)10-21(24)31)30(25(13)23)15-4-7-19(29)22(11-15)35-2/h4-7,9-11,13,31H,8,12H2,1-3H3,(H,32,33). The molecule has 3 aromatic carbocycles. The average molecular weight is 495 g/mol.